The minimum Gasteiger partial charge on any atom is -0.481 e. The number of fused-ring (bicyclic) bond motifs is 3. The second-order valence-corrected chi connectivity index (χ2v) is 13.9. The van der Waals surface area contributed by atoms with E-state index in [9.17, 15) is 9.90 Å². The molecule has 0 saturated carbocycles. The van der Waals surface area contributed by atoms with Crippen molar-refractivity contribution < 1.29 is 14.6 Å². The molecule has 3 fully saturated rings. The maximum atomic E-state index is 12.0. The van der Waals surface area contributed by atoms with E-state index in [-0.39, 0.29) is 6.42 Å². The van der Waals surface area contributed by atoms with Gasteiger partial charge in [-0.2, -0.15) is 4.98 Å². The highest BCUT2D eigenvalue weighted by molar-refractivity contribution is 5.86. The number of aromatic nitrogens is 3. The van der Waals surface area contributed by atoms with Crippen molar-refractivity contribution in [3.8, 4) is 11.1 Å². The molecule has 232 valence electrons. The van der Waals surface area contributed by atoms with Gasteiger partial charge in [-0.15, -0.1) is 0 Å². The van der Waals surface area contributed by atoms with Gasteiger partial charge in [0.1, 0.15) is 5.82 Å². The van der Waals surface area contributed by atoms with E-state index in [4.69, 9.17) is 14.7 Å². The van der Waals surface area contributed by atoms with Gasteiger partial charge in [-0.3, -0.25) is 9.78 Å². The minimum absolute atomic E-state index is 0.0218. The lowest BCUT2D eigenvalue weighted by molar-refractivity contribution is -0.136. The summed E-state index contributed by atoms with van der Waals surface area (Å²) in [6.07, 6.45) is 7.83. The Morgan fingerprint density at radius 2 is 1.70 bits per heavy atom. The molecule has 3 aromatic rings. The van der Waals surface area contributed by atoms with E-state index in [1.807, 2.05) is 19.2 Å². The molecule has 2 bridgehead atoms. The number of pyridine rings is 1. The Kier molecular flexibility index (Phi) is 7.47. The summed E-state index contributed by atoms with van der Waals surface area (Å²) in [5, 5.41) is 9.85. The summed E-state index contributed by atoms with van der Waals surface area (Å²) >= 11 is 0. The van der Waals surface area contributed by atoms with Gasteiger partial charge < -0.3 is 24.5 Å². The number of carbonyl (C=O) groups is 1. The molecule has 7 rings (SSSR count). The van der Waals surface area contributed by atoms with E-state index in [1.165, 1.54) is 11.1 Å². The van der Waals surface area contributed by atoms with Crippen molar-refractivity contribution in [2.45, 2.75) is 85.0 Å². The fourth-order valence-electron chi connectivity index (χ4n) is 7.61. The SMILES string of the molecule is Cc1nc(C)c(-c2ccc3c(c2)CCN(c2nccc(N4CC5CCC(C4)O5)n2)C3)c(N2CCC(C)(C)CC2)c1CC(=O)O. The zero-order valence-corrected chi connectivity index (χ0v) is 26.5. The quantitative estimate of drug-likeness (QED) is 0.405. The summed E-state index contributed by atoms with van der Waals surface area (Å²) in [4.78, 5) is 33.6. The second-order valence-electron chi connectivity index (χ2n) is 13.9. The van der Waals surface area contributed by atoms with Gasteiger partial charge in [-0.25, -0.2) is 4.98 Å². The normalized spacial score (nSPS) is 22.7. The highest BCUT2D eigenvalue weighted by Gasteiger charge is 2.35. The average Bonchev–Trinajstić information content (AvgIpc) is 3.34. The van der Waals surface area contributed by atoms with Crippen LogP contribution in [0.2, 0.25) is 0 Å². The number of anilines is 3. The first kappa shape index (κ1) is 29.0. The van der Waals surface area contributed by atoms with Crippen molar-refractivity contribution in [3.63, 3.8) is 0 Å². The van der Waals surface area contributed by atoms with Crippen molar-refractivity contribution in [1.82, 2.24) is 15.0 Å². The highest BCUT2D eigenvalue weighted by atomic mass is 16.5. The molecule has 4 aliphatic rings. The van der Waals surface area contributed by atoms with E-state index < -0.39 is 5.97 Å². The third-order valence-corrected chi connectivity index (χ3v) is 10.2. The molecule has 2 atom stereocenters. The van der Waals surface area contributed by atoms with E-state index in [0.717, 1.165) is 117 Å². The molecule has 0 spiro atoms. The van der Waals surface area contributed by atoms with Crippen LogP contribution in [0.5, 0.6) is 0 Å². The number of carboxylic acid groups (broad SMARTS) is 1. The van der Waals surface area contributed by atoms with Crippen molar-refractivity contribution in [2.24, 2.45) is 5.41 Å². The van der Waals surface area contributed by atoms with E-state index in [1.54, 1.807) is 0 Å². The number of ether oxygens (including phenoxy) is 1. The molecule has 1 aromatic carbocycles. The predicted molar refractivity (Wildman–Crippen MR) is 173 cm³/mol. The van der Waals surface area contributed by atoms with Crippen LogP contribution in [0.3, 0.4) is 0 Å². The number of aliphatic carboxylic acids is 1. The Hall–Kier alpha value is -3.72. The third-order valence-electron chi connectivity index (χ3n) is 10.2. The first-order valence-corrected chi connectivity index (χ1v) is 16.2. The summed E-state index contributed by atoms with van der Waals surface area (Å²) in [5.41, 5.74) is 8.77. The number of nitrogens with zero attached hydrogens (tertiary/aromatic N) is 6. The number of carboxylic acids is 1. The Morgan fingerprint density at radius 1 is 0.955 bits per heavy atom. The molecular weight excluding hydrogens is 552 g/mol. The molecule has 9 nitrogen and oxygen atoms in total. The summed E-state index contributed by atoms with van der Waals surface area (Å²) < 4.78 is 6.03. The molecular formula is C35H44N6O3. The smallest absolute Gasteiger partial charge is 0.307 e. The van der Waals surface area contributed by atoms with Crippen LogP contribution in [0.25, 0.3) is 11.1 Å². The molecule has 2 unspecified atom stereocenters. The van der Waals surface area contributed by atoms with Gasteiger partial charge in [0.25, 0.3) is 0 Å². The average molecular weight is 597 g/mol. The van der Waals surface area contributed by atoms with Gasteiger partial charge in [0.15, 0.2) is 0 Å². The van der Waals surface area contributed by atoms with Crippen LogP contribution in [-0.4, -0.2) is 71.0 Å². The molecule has 0 radical (unpaired) electrons. The molecule has 1 N–H and O–H groups in total. The number of piperidine rings is 1. The van der Waals surface area contributed by atoms with Gasteiger partial charge in [0.05, 0.1) is 24.3 Å². The zero-order chi connectivity index (χ0) is 30.6. The van der Waals surface area contributed by atoms with E-state index in [2.05, 4.69) is 58.7 Å². The van der Waals surface area contributed by atoms with Gasteiger partial charge >= 0.3 is 5.97 Å². The maximum Gasteiger partial charge on any atom is 0.307 e. The molecule has 2 aromatic heterocycles. The number of hydrogen-bond donors (Lipinski definition) is 1. The summed E-state index contributed by atoms with van der Waals surface area (Å²) in [5.74, 6) is 0.953. The molecule has 0 aliphatic carbocycles. The lowest BCUT2D eigenvalue weighted by atomic mass is 9.82. The Morgan fingerprint density at radius 3 is 2.43 bits per heavy atom. The largest absolute Gasteiger partial charge is 0.481 e. The third kappa shape index (κ3) is 5.62. The number of hydrogen-bond acceptors (Lipinski definition) is 8. The Labute approximate surface area is 260 Å². The Bertz CT molecular complexity index is 1570. The van der Waals surface area contributed by atoms with Crippen LogP contribution in [0.1, 0.15) is 67.6 Å². The highest BCUT2D eigenvalue weighted by Crippen LogP contribution is 2.42. The molecule has 6 heterocycles. The summed E-state index contributed by atoms with van der Waals surface area (Å²) in [6, 6.07) is 8.77. The predicted octanol–water partition coefficient (Wildman–Crippen LogP) is 5.34. The van der Waals surface area contributed by atoms with Gasteiger partial charge in [-0.1, -0.05) is 32.0 Å². The van der Waals surface area contributed by atoms with Crippen molar-refractivity contribution in [1.29, 1.82) is 0 Å². The number of benzene rings is 1. The zero-order valence-electron chi connectivity index (χ0n) is 26.5. The lowest BCUT2D eigenvalue weighted by Crippen LogP contribution is -2.43. The summed E-state index contributed by atoms with van der Waals surface area (Å²) in [6.45, 7) is 13.9. The van der Waals surface area contributed by atoms with Crippen LogP contribution in [0.15, 0.2) is 30.5 Å². The fourth-order valence-corrected chi connectivity index (χ4v) is 7.61. The van der Waals surface area contributed by atoms with Crippen molar-refractivity contribution >= 4 is 23.4 Å². The van der Waals surface area contributed by atoms with Crippen LogP contribution >= 0.6 is 0 Å². The minimum atomic E-state index is -0.818. The molecule has 9 heteroatoms. The second kappa shape index (κ2) is 11.3. The van der Waals surface area contributed by atoms with E-state index in [0.29, 0.717) is 17.6 Å². The van der Waals surface area contributed by atoms with Crippen molar-refractivity contribution in [2.75, 3.05) is 47.4 Å². The molecule has 44 heavy (non-hydrogen) atoms. The molecule has 4 aliphatic heterocycles. The fraction of sp³-hybridized carbons (Fsp3) is 0.543. The van der Waals surface area contributed by atoms with Gasteiger partial charge in [0, 0.05) is 68.0 Å². The van der Waals surface area contributed by atoms with Crippen LogP contribution in [0, 0.1) is 19.3 Å². The van der Waals surface area contributed by atoms with Gasteiger partial charge in [0.2, 0.25) is 5.95 Å². The number of morpholine rings is 1. The first-order valence-electron chi connectivity index (χ1n) is 16.2. The first-order chi connectivity index (χ1) is 21.1. The van der Waals surface area contributed by atoms with Crippen LogP contribution < -0.4 is 14.7 Å². The standard InChI is InChI=1S/C35H44N6O3/c1-22-29(18-31(42)43)33(39-15-11-35(3,4)12-16-39)32(23(2)37-22)25-5-6-26-19-40(14-10-24(26)17-25)34-36-13-9-30(38-34)41-20-27-7-8-28(21-41)44-27/h5-6,9,13,17,27-28H,7-8,10-12,14-16,18-21H2,1-4H3,(H,42,43). The summed E-state index contributed by atoms with van der Waals surface area (Å²) in [7, 11) is 0. The van der Waals surface area contributed by atoms with Gasteiger partial charge in [-0.05, 0) is 74.1 Å². The number of rotatable bonds is 6. The topological polar surface area (TPSA) is 94.9 Å². The number of aryl methyl sites for hydroxylation is 2. The lowest BCUT2D eigenvalue weighted by Gasteiger charge is -2.40. The maximum absolute atomic E-state index is 12.0. The Balaban J connectivity index is 1.18. The molecule has 3 saturated heterocycles. The van der Waals surface area contributed by atoms with Crippen LogP contribution in [-0.2, 0) is 28.9 Å². The van der Waals surface area contributed by atoms with E-state index >= 15 is 0 Å². The molecule has 0 amide bonds. The monoisotopic (exact) mass is 596 g/mol. The van der Waals surface area contributed by atoms with Crippen LogP contribution in [0.4, 0.5) is 17.5 Å². The van der Waals surface area contributed by atoms with Crippen molar-refractivity contribution in [3.05, 3.63) is 58.5 Å².